The number of carbonyl (C=O) groups excluding carboxylic acids is 2. The Kier molecular flexibility index (Phi) is 5.31. The standard InChI is InChI=1S/C26H33N5O3/c1-25(2)16-29(5)21-13-19(6-7-20(21)25)31-23(32)26(3,4)30(24(31)33)14-17-8-10-27-22(12-17)28-18-9-11-34-15-18/h6-8,10,12-13,18H,9,11,14-16H2,1-5H3,(H,27,28)/t18-/m0/s1. The van der Waals surface area contributed by atoms with Crippen LogP contribution in [0.15, 0.2) is 36.5 Å². The smallest absolute Gasteiger partial charge is 0.332 e. The Bertz CT molecular complexity index is 1140. The second-order valence-corrected chi connectivity index (χ2v) is 10.8. The normalized spacial score (nSPS) is 23.1. The van der Waals surface area contributed by atoms with Crippen LogP contribution in [-0.2, 0) is 21.5 Å². The van der Waals surface area contributed by atoms with Gasteiger partial charge in [0.2, 0.25) is 0 Å². The lowest BCUT2D eigenvalue weighted by molar-refractivity contribution is -0.123. The zero-order valence-electron chi connectivity index (χ0n) is 20.6. The molecule has 180 valence electrons. The fraction of sp³-hybridized carbons (Fsp3) is 0.500. The summed E-state index contributed by atoms with van der Waals surface area (Å²) in [6.45, 7) is 10.7. The quantitative estimate of drug-likeness (QED) is 0.681. The molecule has 8 heteroatoms. The number of anilines is 3. The molecule has 3 aliphatic rings. The van der Waals surface area contributed by atoms with Crippen LogP contribution in [0.4, 0.5) is 22.0 Å². The van der Waals surface area contributed by atoms with Crippen LogP contribution in [0, 0.1) is 0 Å². The highest BCUT2D eigenvalue weighted by molar-refractivity contribution is 6.23. The van der Waals surface area contributed by atoms with Gasteiger partial charge in [0.15, 0.2) is 0 Å². The second kappa shape index (κ2) is 7.98. The molecule has 8 nitrogen and oxygen atoms in total. The van der Waals surface area contributed by atoms with Crippen LogP contribution >= 0.6 is 0 Å². The number of benzene rings is 1. The second-order valence-electron chi connectivity index (χ2n) is 10.8. The van der Waals surface area contributed by atoms with Crippen molar-refractivity contribution in [3.63, 3.8) is 0 Å². The number of amides is 3. The van der Waals surface area contributed by atoms with E-state index in [1.807, 2.05) is 45.2 Å². The third-order valence-corrected chi connectivity index (χ3v) is 7.28. The first-order valence-electron chi connectivity index (χ1n) is 11.9. The molecule has 0 radical (unpaired) electrons. The number of hydrogen-bond acceptors (Lipinski definition) is 6. The fourth-order valence-corrected chi connectivity index (χ4v) is 5.33. The number of pyridine rings is 1. The van der Waals surface area contributed by atoms with Crippen molar-refractivity contribution in [2.75, 3.05) is 41.9 Å². The first-order valence-corrected chi connectivity index (χ1v) is 11.9. The van der Waals surface area contributed by atoms with E-state index in [9.17, 15) is 9.59 Å². The molecule has 2 fully saturated rings. The molecular formula is C26H33N5O3. The predicted molar refractivity (Wildman–Crippen MR) is 132 cm³/mol. The lowest BCUT2D eigenvalue weighted by Crippen LogP contribution is -2.43. The van der Waals surface area contributed by atoms with Crippen LogP contribution in [0.25, 0.3) is 0 Å². The van der Waals surface area contributed by atoms with Gasteiger partial charge >= 0.3 is 6.03 Å². The summed E-state index contributed by atoms with van der Waals surface area (Å²) in [5, 5.41) is 3.39. The van der Waals surface area contributed by atoms with E-state index in [-0.39, 0.29) is 23.4 Å². The molecule has 0 spiro atoms. The van der Waals surface area contributed by atoms with Gasteiger partial charge in [-0.05, 0) is 55.7 Å². The summed E-state index contributed by atoms with van der Waals surface area (Å²) in [5.41, 5.74) is 2.91. The van der Waals surface area contributed by atoms with E-state index < -0.39 is 5.54 Å². The summed E-state index contributed by atoms with van der Waals surface area (Å²) in [6, 6.07) is 9.70. The van der Waals surface area contributed by atoms with Crippen molar-refractivity contribution in [1.82, 2.24) is 9.88 Å². The lowest BCUT2D eigenvalue weighted by Gasteiger charge is -2.28. The lowest BCUT2D eigenvalue weighted by atomic mass is 9.87. The van der Waals surface area contributed by atoms with Gasteiger partial charge in [0.25, 0.3) is 5.91 Å². The summed E-state index contributed by atoms with van der Waals surface area (Å²) in [5.74, 6) is 0.540. The number of nitrogens with one attached hydrogen (secondary N) is 1. The highest BCUT2D eigenvalue weighted by atomic mass is 16.5. The number of fused-ring (bicyclic) bond motifs is 1. The molecule has 1 N–H and O–H groups in total. The largest absolute Gasteiger partial charge is 0.379 e. The summed E-state index contributed by atoms with van der Waals surface area (Å²) in [6.07, 6.45) is 2.68. The van der Waals surface area contributed by atoms with Crippen molar-refractivity contribution in [2.45, 2.75) is 57.7 Å². The van der Waals surface area contributed by atoms with Crippen LogP contribution in [0.5, 0.6) is 0 Å². The van der Waals surface area contributed by atoms with Gasteiger partial charge in [-0.2, -0.15) is 0 Å². The minimum atomic E-state index is -0.961. The highest BCUT2D eigenvalue weighted by Crippen LogP contribution is 2.43. The third kappa shape index (κ3) is 3.70. The number of rotatable bonds is 5. The molecule has 2 saturated heterocycles. The Hall–Kier alpha value is -3.13. The van der Waals surface area contributed by atoms with Crippen LogP contribution in [0.2, 0.25) is 0 Å². The van der Waals surface area contributed by atoms with Crippen molar-refractivity contribution in [3.05, 3.63) is 47.7 Å². The Morgan fingerprint density at radius 1 is 1.15 bits per heavy atom. The van der Waals surface area contributed by atoms with Crippen molar-refractivity contribution in [1.29, 1.82) is 0 Å². The molecule has 3 amide bonds. The molecule has 34 heavy (non-hydrogen) atoms. The number of aromatic nitrogens is 1. The average Bonchev–Trinajstić information content (AvgIpc) is 3.41. The third-order valence-electron chi connectivity index (χ3n) is 7.28. The minimum absolute atomic E-state index is 0.0324. The Morgan fingerprint density at radius 3 is 2.68 bits per heavy atom. The maximum Gasteiger partial charge on any atom is 0.332 e. The van der Waals surface area contributed by atoms with Gasteiger partial charge in [-0.25, -0.2) is 14.7 Å². The SMILES string of the molecule is CN1CC(C)(C)c2ccc(N3C(=O)N(Cc4ccnc(N[C@H]5CCOC5)c4)C(C)(C)C3=O)cc21. The van der Waals surface area contributed by atoms with E-state index in [0.29, 0.717) is 18.8 Å². The summed E-state index contributed by atoms with van der Waals surface area (Å²) < 4.78 is 5.43. The van der Waals surface area contributed by atoms with Gasteiger partial charge in [-0.3, -0.25) is 4.79 Å². The predicted octanol–water partition coefficient (Wildman–Crippen LogP) is 3.76. The number of carbonyl (C=O) groups is 2. The molecule has 2 aromatic rings. The molecule has 0 aliphatic carbocycles. The topological polar surface area (TPSA) is 78.0 Å². The maximum atomic E-state index is 13.6. The molecule has 5 rings (SSSR count). The minimum Gasteiger partial charge on any atom is -0.379 e. The van der Waals surface area contributed by atoms with Gasteiger partial charge in [-0.15, -0.1) is 0 Å². The zero-order chi connectivity index (χ0) is 24.3. The van der Waals surface area contributed by atoms with Crippen LogP contribution < -0.4 is 15.1 Å². The van der Waals surface area contributed by atoms with E-state index in [1.54, 1.807) is 11.1 Å². The van der Waals surface area contributed by atoms with Crippen molar-refractivity contribution >= 4 is 29.1 Å². The van der Waals surface area contributed by atoms with E-state index in [4.69, 9.17) is 4.74 Å². The Morgan fingerprint density at radius 2 is 1.94 bits per heavy atom. The molecule has 4 heterocycles. The molecule has 1 atom stereocenters. The van der Waals surface area contributed by atoms with Gasteiger partial charge in [0, 0.05) is 44.0 Å². The van der Waals surface area contributed by atoms with Crippen LogP contribution in [0.1, 0.15) is 45.2 Å². The fourth-order valence-electron chi connectivity index (χ4n) is 5.33. The Balaban J connectivity index is 1.40. The summed E-state index contributed by atoms with van der Waals surface area (Å²) in [7, 11) is 2.05. The maximum absolute atomic E-state index is 13.6. The number of urea groups is 1. The summed E-state index contributed by atoms with van der Waals surface area (Å²) in [4.78, 5) is 36.6. The Labute approximate surface area is 200 Å². The number of imide groups is 1. The molecule has 0 unspecified atom stereocenters. The monoisotopic (exact) mass is 463 g/mol. The highest BCUT2D eigenvalue weighted by Gasteiger charge is 2.52. The van der Waals surface area contributed by atoms with E-state index in [0.717, 1.165) is 36.6 Å². The van der Waals surface area contributed by atoms with Gasteiger partial charge < -0.3 is 19.9 Å². The number of likely N-dealkylation sites (N-methyl/N-ethyl adjacent to an activating group) is 1. The van der Waals surface area contributed by atoms with Crippen molar-refractivity contribution in [3.8, 4) is 0 Å². The first kappa shape index (κ1) is 22.7. The molecule has 0 saturated carbocycles. The molecule has 0 bridgehead atoms. The van der Waals surface area contributed by atoms with Crippen molar-refractivity contribution < 1.29 is 14.3 Å². The van der Waals surface area contributed by atoms with Gasteiger partial charge in [0.05, 0.1) is 18.3 Å². The number of nitrogens with zero attached hydrogens (tertiary/aromatic N) is 4. The van der Waals surface area contributed by atoms with Crippen molar-refractivity contribution in [2.24, 2.45) is 0 Å². The van der Waals surface area contributed by atoms with E-state index >= 15 is 0 Å². The van der Waals surface area contributed by atoms with E-state index in [1.165, 1.54) is 10.5 Å². The number of ether oxygens (including phenoxy) is 1. The van der Waals surface area contributed by atoms with E-state index in [2.05, 4.69) is 35.1 Å². The van der Waals surface area contributed by atoms with Gasteiger partial charge in [0.1, 0.15) is 11.4 Å². The molecule has 1 aromatic carbocycles. The van der Waals surface area contributed by atoms with Crippen LogP contribution in [-0.4, -0.2) is 60.2 Å². The first-order chi connectivity index (χ1) is 16.1. The molecular weight excluding hydrogens is 430 g/mol. The summed E-state index contributed by atoms with van der Waals surface area (Å²) >= 11 is 0. The average molecular weight is 464 g/mol. The molecule has 1 aromatic heterocycles. The number of hydrogen-bond donors (Lipinski definition) is 1. The van der Waals surface area contributed by atoms with Gasteiger partial charge in [-0.1, -0.05) is 19.9 Å². The zero-order valence-corrected chi connectivity index (χ0v) is 20.6. The van der Waals surface area contributed by atoms with Crippen LogP contribution in [0.3, 0.4) is 0 Å². The molecule has 3 aliphatic heterocycles.